The van der Waals surface area contributed by atoms with Gasteiger partial charge in [0.1, 0.15) is 18.3 Å². The van der Waals surface area contributed by atoms with Crippen LogP contribution in [0, 0.1) is 0 Å². The van der Waals surface area contributed by atoms with Crippen molar-refractivity contribution < 1.29 is 28.4 Å². The normalized spacial score (nSPS) is 27.9. The highest BCUT2D eigenvalue weighted by Crippen LogP contribution is 2.08. The fourth-order valence-electron chi connectivity index (χ4n) is 1.33. The van der Waals surface area contributed by atoms with Gasteiger partial charge >= 0.3 is 0 Å². The van der Waals surface area contributed by atoms with Gasteiger partial charge in [0, 0.05) is 20.8 Å². The van der Waals surface area contributed by atoms with Gasteiger partial charge in [-0.3, -0.25) is 0 Å². The summed E-state index contributed by atoms with van der Waals surface area (Å²) >= 11 is 0. The van der Waals surface area contributed by atoms with E-state index < -0.39 is 0 Å². The van der Waals surface area contributed by atoms with Crippen molar-refractivity contribution >= 4 is 0 Å². The summed E-state index contributed by atoms with van der Waals surface area (Å²) < 4.78 is 29.4. The molecule has 0 spiro atoms. The van der Waals surface area contributed by atoms with Gasteiger partial charge in [-0.05, 0) is 6.42 Å². The van der Waals surface area contributed by atoms with Crippen LogP contribution in [0.4, 0.5) is 0 Å². The third-order valence-corrected chi connectivity index (χ3v) is 2.86. The summed E-state index contributed by atoms with van der Waals surface area (Å²) in [6, 6.07) is 0. The summed E-state index contributed by atoms with van der Waals surface area (Å²) in [7, 11) is 3.36. The quantitative estimate of drug-likeness (QED) is 0.472. The van der Waals surface area contributed by atoms with Gasteiger partial charge in [0.2, 0.25) is 0 Å². The first kappa shape index (κ1) is 18.8. The zero-order valence-corrected chi connectivity index (χ0v) is 13.5. The van der Waals surface area contributed by atoms with Crippen molar-refractivity contribution in [1.29, 1.82) is 0 Å². The Morgan fingerprint density at radius 1 is 0.810 bits per heavy atom. The number of hydrogen-bond donors (Lipinski definition) is 0. The highest BCUT2D eigenvalue weighted by atomic mass is 16.6. The van der Waals surface area contributed by atoms with Gasteiger partial charge in [-0.2, -0.15) is 0 Å². The van der Waals surface area contributed by atoms with Crippen molar-refractivity contribution in [2.45, 2.75) is 38.1 Å². The maximum atomic E-state index is 5.27. The van der Waals surface area contributed by atoms with E-state index in [1.54, 1.807) is 14.2 Å². The second-order valence-electron chi connectivity index (χ2n) is 5.21. The predicted molar refractivity (Wildman–Crippen MR) is 78.7 cm³/mol. The molecule has 0 bridgehead atoms. The highest BCUT2D eigenvalue weighted by Gasteiger charge is 2.22. The Bertz CT molecular complexity index is 212. The third-order valence-electron chi connectivity index (χ3n) is 2.86. The van der Waals surface area contributed by atoms with Crippen molar-refractivity contribution in [3.05, 3.63) is 0 Å². The van der Waals surface area contributed by atoms with E-state index in [2.05, 4.69) is 6.92 Å². The van der Waals surface area contributed by atoms with Crippen molar-refractivity contribution in [3.8, 4) is 0 Å². The zero-order valence-electron chi connectivity index (χ0n) is 13.5. The Balaban J connectivity index is 0.000000163. The van der Waals surface area contributed by atoms with Gasteiger partial charge < -0.3 is 28.4 Å². The lowest BCUT2D eigenvalue weighted by atomic mass is 10.4. The van der Waals surface area contributed by atoms with Crippen molar-refractivity contribution in [2.75, 3.05) is 60.5 Å². The molecule has 0 aromatic rings. The second-order valence-corrected chi connectivity index (χ2v) is 5.21. The molecule has 0 aliphatic carbocycles. The standard InChI is InChI=1S/C7H14O2.2C4H8O2/c1-2-3-4-8-5-7-6-9-7;2*1-5-2-4-3-6-4/h7H,2-6H2,1H3;2*4H,2-3H2,1H3. The first-order chi connectivity index (χ1) is 10.3. The average Bonchev–Trinajstić information content (AvgIpc) is 3.31. The molecule has 3 fully saturated rings. The topological polar surface area (TPSA) is 65.3 Å². The van der Waals surface area contributed by atoms with Gasteiger partial charge in [0.05, 0.1) is 39.6 Å². The Morgan fingerprint density at radius 2 is 1.24 bits per heavy atom. The fourth-order valence-corrected chi connectivity index (χ4v) is 1.33. The molecule has 3 unspecified atom stereocenters. The maximum absolute atomic E-state index is 5.27. The van der Waals surface area contributed by atoms with E-state index in [0.29, 0.717) is 18.3 Å². The minimum absolute atomic E-state index is 0.426. The summed E-state index contributed by atoms with van der Waals surface area (Å²) in [6.45, 7) is 8.10. The van der Waals surface area contributed by atoms with Crippen LogP contribution in [0.3, 0.4) is 0 Å². The Kier molecular flexibility index (Phi) is 11.0. The molecule has 6 nitrogen and oxygen atoms in total. The molecule has 6 heteroatoms. The van der Waals surface area contributed by atoms with Gasteiger partial charge in [0.15, 0.2) is 0 Å². The van der Waals surface area contributed by atoms with Crippen LogP contribution >= 0.6 is 0 Å². The molecule has 0 amide bonds. The number of epoxide rings is 3. The van der Waals surface area contributed by atoms with Crippen LogP contribution in [0.15, 0.2) is 0 Å². The van der Waals surface area contributed by atoms with Crippen molar-refractivity contribution in [2.24, 2.45) is 0 Å². The molecule has 0 N–H and O–H groups in total. The molecule has 3 aliphatic rings. The number of ether oxygens (including phenoxy) is 6. The monoisotopic (exact) mass is 306 g/mol. The van der Waals surface area contributed by atoms with Crippen LogP contribution in [0.1, 0.15) is 19.8 Å². The summed E-state index contributed by atoms with van der Waals surface area (Å²) in [6.07, 6.45) is 3.67. The van der Waals surface area contributed by atoms with Gasteiger partial charge in [-0.1, -0.05) is 13.3 Å². The van der Waals surface area contributed by atoms with Crippen molar-refractivity contribution in [3.63, 3.8) is 0 Å². The van der Waals surface area contributed by atoms with Crippen molar-refractivity contribution in [1.82, 2.24) is 0 Å². The number of methoxy groups -OCH3 is 2. The van der Waals surface area contributed by atoms with Gasteiger partial charge in [-0.15, -0.1) is 0 Å². The largest absolute Gasteiger partial charge is 0.382 e. The molecule has 126 valence electrons. The van der Waals surface area contributed by atoms with Crippen LogP contribution in [-0.2, 0) is 28.4 Å². The molecule has 0 radical (unpaired) electrons. The summed E-state index contributed by atoms with van der Waals surface area (Å²) in [5.41, 5.74) is 0. The Hall–Kier alpha value is -0.240. The predicted octanol–water partition coefficient (Wildman–Crippen LogP) is 1.27. The third kappa shape index (κ3) is 14.5. The number of unbranched alkanes of at least 4 members (excludes halogenated alkanes) is 1. The summed E-state index contributed by atoms with van der Waals surface area (Å²) in [5, 5.41) is 0. The van der Waals surface area contributed by atoms with E-state index >= 15 is 0 Å². The fraction of sp³-hybridized carbons (Fsp3) is 1.00. The number of hydrogen-bond acceptors (Lipinski definition) is 6. The first-order valence-electron chi connectivity index (χ1n) is 7.70. The highest BCUT2D eigenvalue weighted by molar-refractivity contribution is 4.67. The molecule has 3 rings (SSSR count). The van der Waals surface area contributed by atoms with E-state index in [0.717, 1.165) is 46.2 Å². The lowest BCUT2D eigenvalue weighted by molar-refractivity contribution is 0.114. The van der Waals surface area contributed by atoms with Crippen LogP contribution in [0.5, 0.6) is 0 Å². The maximum Gasteiger partial charge on any atom is 0.104 e. The minimum atomic E-state index is 0.426. The van der Waals surface area contributed by atoms with E-state index in [9.17, 15) is 0 Å². The molecule has 0 aromatic heterocycles. The summed E-state index contributed by atoms with van der Waals surface area (Å²) in [5.74, 6) is 0. The molecule has 3 atom stereocenters. The number of rotatable bonds is 9. The van der Waals surface area contributed by atoms with Crippen LogP contribution in [0.25, 0.3) is 0 Å². The van der Waals surface area contributed by atoms with E-state index in [4.69, 9.17) is 28.4 Å². The molecule has 21 heavy (non-hydrogen) atoms. The zero-order chi connectivity index (χ0) is 15.3. The molecule has 0 aromatic carbocycles. The van der Waals surface area contributed by atoms with E-state index in [1.165, 1.54) is 12.8 Å². The molecule has 0 saturated carbocycles. The van der Waals surface area contributed by atoms with Crippen LogP contribution in [-0.4, -0.2) is 78.8 Å². The molecule has 3 aliphatic heterocycles. The lowest BCUT2D eigenvalue weighted by Crippen LogP contribution is -2.01. The first-order valence-corrected chi connectivity index (χ1v) is 7.70. The summed E-state index contributed by atoms with van der Waals surface area (Å²) in [4.78, 5) is 0. The van der Waals surface area contributed by atoms with Crippen LogP contribution in [0.2, 0.25) is 0 Å². The van der Waals surface area contributed by atoms with Gasteiger partial charge in [-0.25, -0.2) is 0 Å². The molecule has 3 heterocycles. The minimum Gasteiger partial charge on any atom is -0.382 e. The lowest BCUT2D eigenvalue weighted by Gasteiger charge is -1.97. The molecular formula is C15H30O6. The Labute approximate surface area is 128 Å². The van der Waals surface area contributed by atoms with E-state index in [1.807, 2.05) is 0 Å². The smallest absolute Gasteiger partial charge is 0.104 e. The second kappa shape index (κ2) is 12.3. The SMILES string of the molecule is CCCCOCC1CO1.COCC1CO1.COCC1CO1. The average molecular weight is 306 g/mol. The molecule has 3 saturated heterocycles. The van der Waals surface area contributed by atoms with E-state index in [-0.39, 0.29) is 0 Å². The molecular weight excluding hydrogens is 276 g/mol. The van der Waals surface area contributed by atoms with Crippen LogP contribution < -0.4 is 0 Å². The van der Waals surface area contributed by atoms with Gasteiger partial charge in [0.25, 0.3) is 0 Å². The Morgan fingerprint density at radius 3 is 1.52 bits per heavy atom.